The Morgan fingerprint density at radius 3 is 2.17 bits per heavy atom. The third-order valence-corrected chi connectivity index (χ3v) is 5.27. The van der Waals surface area contributed by atoms with Crippen LogP contribution < -0.4 is 20.7 Å². The molecule has 0 aliphatic rings. The Bertz CT molecular complexity index is 1260. The van der Waals surface area contributed by atoms with Crippen LogP contribution in [-0.4, -0.2) is 18.4 Å². The first-order valence-corrected chi connectivity index (χ1v) is 11.4. The summed E-state index contributed by atoms with van der Waals surface area (Å²) in [6.07, 6.45) is 0. The quantitative estimate of drug-likeness (QED) is 0.299. The van der Waals surface area contributed by atoms with Gasteiger partial charge in [-0.2, -0.15) is 0 Å². The van der Waals surface area contributed by atoms with E-state index in [1.807, 2.05) is 84.9 Å². The van der Waals surface area contributed by atoms with Gasteiger partial charge in [0.05, 0.1) is 12.2 Å². The normalized spacial score (nSPS) is 10.3. The molecule has 0 aliphatic carbocycles. The van der Waals surface area contributed by atoms with Crippen LogP contribution in [-0.2, 0) is 17.9 Å². The van der Waals surface area contributed by atoms with Crippen molar-refractivity contribution in [2.24, 2.45) is 0 Å². The van der Waals surface area contributed by atoms with Gasteiger partial charge in [0.25, 0.3) is 5.91 Å². The molecule has 2 amide bonds. The summed E-state index contributed by atoms with van der Waals surface area (Å²) < 4.78 is 5.90. The smallest absolute Gasteiger partial charge is 0.251 e. The number of benzene rings is 4. The Labute approximate surface area is 205 Å². The van der Waals surface area contributed by atoms with Gasteiger partial charge in [-0.05, 0) is 41.5 Å². The monoisotopic (exact) mass is 465 g/mol. The van der Waals surface area contributed by atoms with Gasteiger partial charge < -0.3 is 20.7 Å². The summed E-state index contributed by atoms with van der Waals surface area (Å²) in [5.41, 5.74) is 3.87. The van der Waals surface area contributed by atoms with Crippen molar-refractivity contribution < 1.29 is 14.3 Å². The molecular formula is C29H27N3O3. The van der Waals surface area contributed by atoms with Crippen LogP contribution in [0.3, 0.4) is 0 Å². The second-order valence-electron chi connectivity index (χ2n) is 7.92. The molecule has 3 N–H and O–H groups in total. The fraction of sp³-hybridized carbons (Fsp3) is 0.103. The molecule has 176 valence electrons. The molecule has 0 spiro atoms. The standard InChI is InChI=1S/C29H27N3O3/c33-28(32-26-16-7-8-17-27(26)35-21-23-12-5-2-6-13-23)20-30-25-15-9-14-24(18-25)29(34)31-19-22-10-3-1-4-11-22/h1-18,30H,19-21H2,(H,31,34)(H,32,33). The van der Waals surface area contributed by atoms with Crippen LogP contribution in [0.4, 0.5) is 11.4 Å². The Morgan fingerprint density at radius 1 is 0.714 bits per heavy atom. The average Bonchev–Trinajstić information content (AvgIpc) is 2.91. The summed E-state index contributed by atoms with van der Waals surface area (Å²) in [5.74, 6) is 0.202. The highest BCUT2D eigenvalue weighted by Crippen LogP contribution is 2.24. The molecule has 0 atom stereocenters. The highest BCUT2D eigenvalue weighted by Gasteiger charge is 2.10. The number of carbonyl (C=O) groups is 2. The molecule has 4 rings (SSSR count). The van der Waals surface area contributed by atoms with Crippen LogP contribution in [0.2, 0.25) is 0 Å². The van der Waals surface area contributed by atoms with Crippen molar-refractivity contribution in [1.29, 1.82) is 0 Å². The van der Waals surface area contributed by atoms with Crippen LogP contribution in [0.5, 0.6) is 5.75 Å². The van der Waals surface area contributed by atoms with Gasteiger partial charge in [-0.3, -0.25) is 9.59 Å². The van der Waals surface area contributed by atoms with Crippen LogP contribution in [0.15, 0.2) is 109 Å². The van der Waals surface area contributed by atoms with Gasteiger partial charge in [-0.15, -0.1) is 0 Å². The second-order valence-corrected chi connectivity index (χ2v) is 7.92. The first kappa shape index (κ1) is 23.6. The Balaban J connectivity index is 1.29. The number of amides is 2. The summed E-state index contributed by atoms with van der Waals surface area (Å²) in [7, 11) is 0. The Kier molecular flexibility index (Phi) is 8.11. The summed E-state index contributed by atoms with van der Waals surface area (Å²) in [4.78, 5) is 25.1. The van der Waals surface area contributed by atoms with Crippen molar-refractivity contribution in [3.05, 3.63) is 126 Å². The molecule has 0 radical (unpaired) electrons. The van der Waals surface area contributed by atoms with E-state index in [1.165, 1.54) is 0 Å². The summed E-state index contributed by atoms with van der Waals surface area (Å²) >= 11 is 0. The van der Waals surface area contributed by atoms with Gasteiger partial charge in [-0.25, -0.2) is 0 Å². The van der Waals surface area contributed by atoms with Crippen molar-refractivity contribution in [2.75, 3.05) is 17.2 Å². The number of nitrogens with one attached hydrogen (secondary N) is 3. The summed E-state index contributed by atoms with van der Waals surface area (Å²) in [6.45, 7) is 0.901. The van der Waals surface area contributed by atoms with E-state index in [2.05, 4.69) is 16.0 Å². The fourth-order valence-corrected chi connectivity index (χ4v) is 3.46. The van der Waals surface area contributed by atoms with Crippen LogP contribution in [0.25, 0.3) is 0 Å². The number of hydrogen-bond donors (Lipinski definition) is 3. The predicted molar refractivity (Wildman–Crippen MR) is 138 cm³/mol. The molecular weight excluding hydrogens is 438 g/mol. The maximum absolute atomic E-state index is 12.6. The number of ether oxygens (including phenoxy) is 1. The molecule has 0 bridgehead atoms. The number of rotatable bonds is 10. The van der Waals surface area contributed by atoms with E-state index in [0.29, 0.717) is 35.8 Å². The SMILES string of the molecule is O=C(CNc1cccc(C(=O)NCc2ccccc2)c1)Nc1ccccc1OCc1ccccc1. The average molecular weight is 466 g/mol. The number of para-hydroxylation sites is 2. The van der Waals surface area contributed by atoms with Gasteiger partial charge in [0.1, 0.15) is 12.4 Å². The lowest BCUT2D eigenvalue weighted by atomic mass is 10.1. The molecule has 6 nitrogen and oxygen atoms in total. The Hall–Kier alpha value is -4.58. The molecule has 0 fully saturated rings. The fourth-order valence-electron chi connectivity index (χ4n) is 3.46. The number of anilines is 2. The Morgan fingerprint density at radius 2 is 1.40 bits per heavy atom. The largest absolute Gasteiger partial charge is 0.487 e. The van der Waals surface area contributed by atoms with Gasteiger partial charge in [0.15, 0.2) is 0 Å². The third-order valence-electron chi connectivity index (χ3n) is 5.27. The van der Waals surface area contributed by atoms with Gasteiger partial charge in [0.2, 0.25) is 5.91 Å². The highest BCUT2D eigenvalue weighted by atomic mass is 16.5. The first-order chi connectivity index (χ1) is 17.2. The zero-order valence-corrected chi connectivity index (χ0v) is 19.2. The van der Waals surface area contributed by atoms with E-state index in [0.717, 1.165) is 11.1 Å². The van der Waals surface area contributed by atoms with E-state index in [4.69, 9.17) is 4.74 Å². The van der Waals surface area contributed by atoms with Crippen molar-refractivity contribution in [3.8, 4) is 5.75 Å². The van der Waals surface area contributed by atoms with E-state index < -0.39 is 0 Å². The van der Waals surface area contributed by atoms with E-state index >= 15 is 0 Å². The summed E-state index contributed by atoms with van der Waals surface area (Å²) in [5, 5.41) is 8.88. The number of hydrogen-bond acceptors (Lipinski definition) is 4. The van der Waals surface area contributed by atoms with Gasteiger partial charge >= 0.3 is 0 Å². The van der Waals surface area contributed by atoms with E-state index in [9.17, 15) is 9.59 Å². The molecule has 0 aromatic heterocycles. The maximum Gasteiger partial charge on any atom is 0.251 e. The van der Waals surface area contributed by atoms with Gasteiger partial charge in [0, 0.05) is 17.8 Å². The molecule has 4 aromatic carbocycles. The van der Waals surface area contributed by atoms with Crippen LogP contribution in [0.1, 0.15) is 21.5 Å². The maximum atomic E-state index is 12.6. The first-order valence-electron chi connectivity index (χ1n) is 11.4. The molecule has 0 saturated carbocycles. The van der Waals surface area contributed by atoms with Crippen molar-refractivity contribution >= 4 is 23.2 Å². The minimum Gasteiger partial charge on any atom is -0.487 e. The molecule has 4 aromatic rings. The van der Waals surface area contributed by atoms with Crippen molar-refractivity contribution in [1.82, 2.24) is 5.32 Å². The van der Waals surface area contributed by atoms with Crippen molar-refractivity contribution in [3.63, 3.8) is 0 Å². The van der Waals surface area contributed by atoms with E-state index in [1.54, 1.807) is 24.3 Å². The second kappa shape index (κ2) is 12.0. The lowest BCUT2D eigenvalue weighted by Gasteiger charge is -2.13. The van der Waals surface area contributed by atoms with Crippen LogP contribution in [0, 0.1) is 0 Å². The zero-order chi connectivity index (χ0) is 24.3. The number of carbonyl (C=O) groups excluding carboxylic acids is 2. The molecule has 6 heteroatoms. The van der Waals surface area contributed by atoms with Crippen LogP contribution >= 0.6 is 0 Å². The minimum absolute atomic E-state index is 0.0438. The molecule has 0 unspecified atom stereocenters. The molecule has 0 aliphatic heterocycles. The topological polar surface area (TPSA) is 79.5 Å². The molecule has 0 heterocycles. The van der Waals surface area contributed by atoms with E-state index in [-0.39, 0.29) is 18.4 Å². The highest BCUT2D eigenvalue weighted by molar-refractivity contribution is 5.96. The van der Waals surface area contributed by atoms with Gasteiger partial charge in [-0.1, -0.05) is 78.9 Å². The predicted octanol–water partition coefficient (Wildman–Crippen LogP) is 5.25. The lowest BCUT2D eigenvalue weighted by Crippen LogP contribution is -2.24. The lowest BCUT2D eigenvalue weighted by molar-refractivity contribution is -0.114. The van der Waals surface area contributed by atoms with Crippen molar-refractivity contribution in [2.45, 2.75) is 13.2 Å². The minimum atomic E-state index is -0.223. The third kappa shape index (κ3) is 7.20. The molecule has 35 heavy (non-hydrogen) atoms. The summed E-state index contributed by atoms with van der Waals surface area (Å²) in [6, 6.07) is 34.0. The zero-order valence-electron chi connectivity index (χ0n) is 19.2. The molecule has 0 saturated heterocycles.